The van der Waals surface area contributed by atoms with E-state index in [1.807, 2.05) is 24.3 Å². The third-order valence-corrected chi connectivity index (χ3v) is 11.2. The topological polar surface area (TPSA) is 173 Å². The highest BCUT2D eigenvalue weighted by molar-refractivity contribution is 9.10. The molecule has 5 rings (SSSR count). The summed E-state index contributed by atoms with van der Waals surface area (Å²) < 4.78 is 40.1. The minimum Gasteiger partial charge on any atom is -0.472 e. The lowest BCUT2D eigenvalue weighted by Gasteiger charge is -2.36. The largest absolute Gasteiger partial charge is 0.472 e. The van der Waals surface area contributed by atoms with Gasteiger partial charge < -0.3 is 25.0 Å². The molecule has 2 heterocycles. The van der Waals surface area contributed by atoms with Crippen LogP contribution < -0.4 is 20.1 Å². The first kappa shape index (κ1) is 36.6. The highest BCUT2D eigenvalue weighted by atomic mass is 79.9. The SMILES string of the molecule is C=C[C@@H]1C[C@]1(NC(=O)[C@@H]1C[C@@H](Oc2nccc3cc(Br)ccc23)CN1C(=O)[C@@H](NC(=O)OC(C)(C)C)C(C)(C)C)C(=O)NS(=O)(=O)C1CC1. The molecule has 1 aliphatic heterocycles. The van der Waals surface area contributed by atoms with Crippen molar-refractivity contribution in [3.05, 3.63) is 47.6 Å². The van der Waals surface area contributed by atoms with Crippen LogP contribution in [0.5, 0.6) is 5.88 Å². The number of carbonyl (C=O) groups is 4. The third kappa shape index (κ3) is 8.19. The second kappa shape index (κ2) is 13.2. The van der Waals surface area contributed by atoms with Crippen molar-refractivity contribution < 1.29 is 37.1 Å². The van der Waals surface area contributed by atoms with Crippen molar-refractivity contribution in [3.63, 3.8) is 0 Å². The summed E-state index contributed by atoms with van der Waals surface area (Å²) in [5.41, 5.74) is -3.17. The van der Waals surface area contributed by atoms with Crippen molar-refractivity contribution in [3.8, 4) is 5.88 Å². The normalized spacial score (nSPS) is 24.5. The van der Waals surface area contributed by atoms with Crippen molar-refractivity contribution in [2.45, 2.75) is 102 Å². The Morgan fingerprint density at radius 2 is 1.82 bits per heavy atom. The average molecular weight is 763 g/mol. The highest BCUT2D eigenvalue weighted by Gasteiger charge is 2.62. The number of alkyl carbamates (subject to hydrolysis) is 1. The van der Waals surface area contributed by atoms with E-state index >= 15 is 0 Å². The second-order valence-corrected chi connectivity index (χ2v) is 18.0. The molecule has 5 atom stereocenters. The molecular weight excluding hydrogens is 718 g/mol. The molecule has 2 aliphatic carbocycles. The number of nitrogens with zero attached hydrogens (tertiary/aromatic N) is 2. The fourth-order valence-corrected chi connectivity index (χ4v) is 7.75. The summed E-state index contributed by atoms with van der Waals surface area (Å²) in [4.78, 5) is 60.6. The number of carbonyl (C=O) groups excluding carboxylic acids is 4. The Morgan fingerprint density at radius 3 is 2.41 bits per heavy atom. The van der Waals surface area contributed by atoms with Gasteiger partial charge in [-0.15, -0.1) is 6.58 Å². The van der Waals surface area contributed by atoms with E-state index in [9.17, 15) is 27.6 Å². The quantitative estimate of drug-likeness (QED) is 0.303. The molecule has 3 fully saturated rings. The number of ether oxygens (including phenoxy) is 2. The van der Waals surface area contributed by atoms with Gasteiger partial charge in [0.25, 0.3) is 5.91 Å². The first-order valence-corrected chi connectivity index (χ1v) is 18.6. The van der Waals surface area contributed by atoms with Crippen LogP contribution in [0.4, 0.5) is 4.79 Å². The number of benzene rings is 1. The van der Waals surface area contributed by atoms with Crippen molar-refractivity contribution >= 4 is 60.5 Å². The smallest absolute Gasteiger partial charge is 0.408 e. The van der Waals surface area contributed by atoms with E-state index < -0.39 is 79.7 Å². The molecule has 0 radical (unpaired) electrons. The van der Waals surface area contributed by atoms with E-state index in [0.29, 0.717) is 18.7 Å². The van der Waals surface area contributed by atoms with Gasteiger partial charge in [0.2, 0.25) is 27.7 Å². The Labute approximate surface area is 295 Å². The number of fused-ring (bicyclic) bond motifs is 1. The van der Waals surface area contributed by atoms with Gasteiger partial charge in [-0.1, -0.05) is 42.8 Å². The van der Waals surface area contributed by atoms with E-state index in [0.717, 1.165) is 15.2 Å². The van der Waals surface area contributed by atoms with Crippen LogP contribution in [-0.4, -0.2) is 83.2 Å². The van der Waals surface area contributed by atoms with Crippen LogP contribution in [0.15, 0.2) is 47.6 Å². The highest BCUT2D eigenvalue weighted by Crippen LogP contribution is 2.45. The minimum absolute atomic E-state index is 0.0335. The number of halogens is 1. The number of pyridine rings is 1. The molecule has 266 valence electrons. The summed E-state index contributed by atoms with van der Waals surface area (Å²) in [6, 6.07) is 5.22. The summed E-state index contributed by atoms with van der Waals surface area (Å²) in [7, 11) is -3.89. The van der Waals surface area contributed by atoms with Gasteiger partial charge in [-0.3, -0.25) is 19.1 Å². The summed E-state index contributed by atoms with van der Waals surface area (Å²) in [6.45, 7) is 14.2. The minimum atomic E-state index is -3.89. The van der Waals surface area contributed by atoms with Crippen LogP contribution >= 0.6 is 15.9 Å². The van der Waals surface area contributed by atoms with Crippen molar-refractivity contribution in [2.75, 3.05) is 6.54 Å². The van der Waals surface area contributed by atoms with Crippen molar-refractivity contribution in [1.29, 1.82) is 0 Å². The number of amides is 4. The van der Waals surface area contributed by atoms with Crippen LogP contribution in [0.3, 0.4) is 0 Å². The van der Waals surface area contributed by atoms with E-state index in [1.54, 1.807) is 47.7 Å². The van der Waals surface area contributed by atoms with Gasteiger partial charge in [0.05, 0.1) is 11.8 Å². The van der Waals surface area contributed by atoms with E-state index in [1.165, 1.54) is 11.0 Å². The Hall–Kier alpha value is -3.72. The average Bonchev–Trinajstić information content (AvgIpc) is 3.91. The number of likely N-dealkylation sites (tertiary alicyclic amines) is 1. The maximum atomic E-state index is 14.4. The molecule has 0 bridgehead atoms. The monoisotopic (exact) mass is 761 g/mol. The zero-order valence-corrected chi connectivity index (χ0v) is 30.9. The predicted octanol–water partition coefficient (Wildman–Crippen LogP) is 3.95. The van der Waals surface area contributed by atoms with Gasteiger partial charge in [-0.05, 0) is 75.1 Å². The molecule has 1 aromatic heterocycles. The second-order valence-electron chi connectivity index (χ2n) is 15.1. The number of nitrogens with one attached hydrogen (secondary N) is 3. The van der Waals surface area contributed by atoms with Gasteiger partial charge in [0.1, 0.15) is 29.3 Å². The van der Waals surface area contributed by atoms with Crippen LogP contribution in [0.25, 0.3) is 10.8 Å². The maximum Gasteiger partial charge on any atom is 0.408 e. The number of sulfonamides is 1. The van der Waals surface area contributed by atoms with Crippen molar-refractivity contribution in [2.24, 2.45) is 11.3 Å². The molecule has 15 heteroatoms. The lowest BCUT2D eigenvalue weighted by atomic mass is 9.85. The predicted molar refractivity (Wildman–Crippen MR) is 186 cm³/mol. The third-order valence-electron chi connectivity index (χ3n) is 8.84. The van der Waals surface area contributed by atoms with E-state index in [4.69, 9.17) is 9.47 Å². The molecule has 3 aliphatic rings. The molecule has 1 saturated heterocycles. The van der Waals surface area contributed by atoms with Gasteiger partial charge in [0, 0.05) is 28.4 Å². The van der Waals surface area contributed by atoms with Crippen LogP contribution in [0.1, 0.15) is 67.2 Å². The molecule has 2 aromatic rings. The molecular formula is C34H44BrN5O8S. The lowest BCUT2D eigenvalue weighted by Crippen LogP contribution is -2.60. The summed E-state index contributed by atoms with van der Waals surface area (Å²) in [5.74, 6) is -2.25. The summed E-state index contributed by atoms with van der Waals surface area (Å²) >= 11 is 3.47. The van der Waals surface area contributed by atoms with Gasteiger partial charge in [-0.2, -0.15) is 0 Å². The zero-order chi connectivity index (χ0) is 36.1. The van der Waals surface area contributed by atoms with Crippen LogP contribution in [-0.2, 0) is 29.1 Å². The molecule has 13 nitrogen and oxygen atoms in total. The number of rotatable bonds is 10. The van der Waals surface area contributed by atoms with E-state index in [2.05, 4.69) is 42.8 Å². The first-order valence-electron chi connectivity index (χ1n) is 16.3. The molecule has 0 spiro atoms. The first-order chi connectivity index (χ1) is 22.7. The Kier molecular flexibility index (Phi) is 9.85. The lowest BCUT2D eigenvalue weighted by molar-refractivity contribution is -0.143. The fraction of sp³-hybridized carbons (Fsp3) is 0.559. The Morgan fingerprint density at radius 1 is 1.12 bits per heavy atom. The molecule has 0 unspecified atom stereocenters. The molecule has 1 aromatic carbocycles. The van der Waals surface area contributed by atoms with Gasteiger partial charge in [-0.25, -0.2) is 18.2 Å². The maximum absolute atomic E-state index is 14.4. The summed E-state index contributed by atoms with van der Waals surface area (Å²) in [5, 5.41) is 6.43. The fourth-order valence-electron chi connectivity index (χ4n) is 6.01. The molecule has 3 N–H and O–H groups in total. The Balaban J connectivity index is 1.44. The van der Waals surface area contributed by atoms with Gasteiger partial charge >= 0.3 is 6.09 Å². The van der Waals surface area contributed by atoms with Crippen molar-refractivity contribution in [1.82, 2.24) is 25.2 Å². The Bertz CT molecular complexity index is 1780. The van der Waals surface area contributed by atoms with Gasteiger partial charge in [0.15, 0.2) is 0 Å². The molecule has 49 heavy (non-hydrogen) atoms. The zero-order valence-electron chi connectivity index (χ0n) is 28.5. The molecule has 4 amide bonds. The van der Waals surface area contributed by atoms with Crippen LogP contribution in [0.2, 0.25) is 0 Å². The standard InChI is InChI=1S/C34H44BrN5O8S/c1-8-20-17-34(20,30(43)39-49(45,46)23-10-11-23)38-27(41)25-16-22(47-28-24-12-9-21(35)15-19(24)13-14-36-28)18-40(25)29(42)26(32(2,3)4)37-31(44)48-33(5,6)7/h8-9,12-15,20,22-23,25-26H,1,10-11,16-18H2,2-7H3,(H,37,44)(H,38,41)(H,39,43)/t20-,22-,25+,26-,34-/m1/s1. The number of hydrogen-bond donors (Lipinski definition) is 3. The van der Waals surface area contributed by atoms with E-state index in [-0.39, 0.29) is 19.4 Å². The number of aromatic nitrogens is 1. The summed E-state index contributed by atoms with van der Waals surface area (Å²) in [6.07, 6.45) is 2.72. The number of hydrogen-bond acceptors (Lipinski definition) is 9. The van der Waals surface area contributed by atoms with Crippen LogP contribution in [0, 0.1) is 11.3 Å². The molecule has 2 saturated carbocycles.